The number of nitrogen functional groups attached to an aromatic ring is 1. The van der Waals surface area contributed by atoms with Crippen LogP contribution in [0.15, 0.2) is 48.7 Å². The molecule has 0 saturated carbocycles. The van der Waals surface area contributed by atoms with Gasteiger partial charge in [-0.3, -0.25) is 0 Å². The predicted molar refractivity (Wildman–Crippen MR) is 121 cm³/mol. The Kier molecular flexibility index (Phi) is 7.65. The fourth-order valence-corrected chi connectivity index (χ4v) is 3.39. The summed E-state index contributed by atoms with van der Waals surface area (Å²) < 4.78 is 47.0. The number of alkyl halides is 3. The van der Waals surface area contributed by atoms with Crippen molar-refractivity contribution in [3.63, 3.8) is 0 Å². The predicted octanol–water partition coefficient (Wildman–Crippen LogP) is 6.90. The van der Waals surface area contributed by atoms with E-state index in [1.54, 1.807) is 18.2 Å². The second-order valence-electron chi connectivity index (χ2n) is 7.23. The first-order chi connectivity index (χ1) is 14.5. The molecule has 0 spiro atoms. The van der Waals surface area contributed by atoms with E-state index in [1.807, 2.05) is 38.9 Å². The van der Waals surface area contributed by atoms with Crippen LogP contribution in [0.5, 0.6) is 5.75 Å². The molecule has 168 valence electrons. The topological polar surface area (TPSA) is 47.7 Å². The number of halogens is 3. The van der Waals surface area contributed by atoms with Crippen LogP contribution >= 0.6 is 0 Å². The molecule has 0 aliphatic rings. The van der Waals surface area contributed by atoms with Crippen molar-refractivity contribution in [3.05, 3.63) is 59.8 Å². The Labute approximate surface area is 181 Å². The molecule has 0 aromatic heterocycles. The van der Waals surface area contributed by atoms with Crippen LogP contribution in [0.1, 0.15) is 38.3 Å². The normalized spacial score (nSPS) is 11.9. The van der Waals surface area contributed by atoms with Gasteiger partial charge in [0.15, 0.2) is 0 Å². The molecule has 0 amide bonds. The van der Waals surface area contributed by atoms with Crippen molar-refractivity contribution in [1.82, 2.24) is 0 Å². The third-order valence-corrected chi connectivity index (χ3v) is 4.91. The Bertz CT molecular complexity index is 964. The zero-order chi connectivity index (χ0) is 23.3. The van der Waals surface area contributed by atoms with E-state index < -0.39 is 6.36 Å². The highest BCUT2D eigenvalue weighted by Crippen LogP contribution is 2.41. The molecular weight excluding hydrogens is 405 g/mol. The highest BCUT2D eigenvalue weighted by Gasteiger charge is 2.31. The first-order valence-corrected chi connectivity index (χ1v) is 9.99. The van der Waals surface area contributed by atoms with Crippen LogP contribution in [-0.4, -0.2) is 20.0 Å². The fourth-order valence-electron chi connectivity index (χ4n) is 3.39. The molecule has 31 heavy (non-hydrogen) atoms. The number of hydrogen-bond donors (Lipinski definition) is 1. The quantitative estimate of drug-likeness (QED) is 0.363. The van der Waals surface area contributed by atoms with Gasteiger partial charge in [0.2, 0.25) is 0 Å². The van der Waals surface area contributed by atoms with Crippen LogP contribution in [0.4, 0.5) is 24.5 Å². The van der Waals surface area contributed by atoms with Crippen molar-refractivity contribution < 1.29 is 22.6 Å². The summed E-state index contributed by atoms with van der Waals surface area (Å²) in [5, 5.41) is 0. The average molecular weight is 435 g/mol. The number of nitrogens with zero attached hydrogens (tertiary/aromatic N) is 1. The maximum Gasteiger partial charge on any atom is 0.573 e. The van der Waals surface area contributed by atoms with Crippen molar-refractivity contribution in [2.24, 2.45) is 0 Å². The molecule has 2 rings (SSSR count). The number of hydrogen-bond acceptors (Lipinski definition) is 4. The van der Waals surface area contributed by atoms with E-state index in [0.717, 1.165) is 28.8 Å². The lowest BCUT2D eigenvalue weighted by Crippen LogP contribution is -2.17. The molecule has 0 bridgehead atoms. The summed E-state index contributed by atoms with van der Waals surface area (Å²) in [5.41, 5.74) is 12.0. The molecule has 2 aromatic carbocycles. The summed E-state index contributed by atoms with van der Waals surface area (Å²) in [6.45, 7) is 12.4. The monoisotopic (exact) mass is 434 g/mol. The van der Waals surface area contributed by atoms with Gasteiger partial charge in [-0.25, -0.2) is 0 Å². The maximum atomic E-state index is 12.5. The molecule has 4 nitrogen and oxygen atoms in total. The summed E-state index contributed by atoms with van der Waals surface area (Å²) in [7, 11) is 1.92. The molecule has 0 fully saturated rings. The van der Waals surface area contributed by atoms with Crippen molar-refractivity contribution in [2.45, 2.75) is 40.5 Å². The largest absolute Gasteiger partial charge is 0.573 e. The second-order valence-corrected chi connectivity index (χ2v) is 7.23. The average Bonchev–Trinajstić information content (AvgIpc) is 2.68. The van der Waals surface area contributed by atoms with Gasteiger partial charge >= 0.3 is 6.36 Å². The minimum absolute atomic E-state index is 0.276. The first-order valence-electron chi connectivity index (χ1n) is 9.99. The van der Waals surface area contributed by atoms with E-state index in [2.05, 4.69) is 18.2 Å². The molecule has 0 saturated heterocycles. The van der Waals surface area contributed by atoms with Crippen LogP contribution in [-0.2, 0) is 4.74 Å². The van der Waals surface area contributed by atoms with Crippen LogP contribution in [0.2, 0.25) is 0 Å². The summed E-state index contributed by atoms with van der Waals surface area (Å²) in [6.07, 6.45) is -1.82. The number of ether oxygens (including phenoxy) is 2. The number of rotatable bonds is 8. The first kappa shape index (κ1) is 24.2. The van der Waals surface area contributed by atoms with Gasteiger partial charge < -0.3 is 20.1 Å². The number of allylic oxidation sites excluding steroid dienone is 1. The molecule has 7 heteroatoms. The Morgan fingerprint density at radius 3 is 2.32 bits per heavy atom. The van der Waals surface area contributed by atoms with Crippen molar-refractivity contribution in [1.29, 1.82) is 0 Å². The van der Waals surface area contributed by atoms with Gasteiger partial charge in [-0.05, 0) is 62.1 Å². The summed E-state index contributed by atoms with van der Waals surface area (Å²) in [6, 6.07) is 7.53. The summed E-state index contributed by atoms with van der Waals surface area (Å²) >= 11 is 0. The standard InChI is InChI=1S/C24H29F3N2O2/c1-7-15(3)14-29(6)23-16(4)20(13-21(28)22(23)17(5)30-8-2)18-9-11-19(12-10-18)31-24(25,26)27/h9-14H,5,7-8,28H2,1-4,6H3/b15-14+. The summed E-state index contributed by atoms with van der Waals surface area (Å²) in [4.78, 5) is 1.98. The van der Waals surface area contributed by atoms with E-state index >= 15 is 0 Å². The number of nitrogens with two attached hydrogens (primary N) is 1. The van der Waals surface area contributed by atoms with Gasteiger partial charge in [0.1, 0.15) is 11.5 Å². The van der Waals surface area contributed by atoms with Crippen LogP contribution in [0.25, 0.3) is 16.9 Å². The molecule has 0 unspecified atom stereocenters. The van der Waals surface area contributed by atoms with Crippen LogP contribution in [0, 0.1) is 6.92 Å². The SMILES string of the molecule is C=C(OCC)c1c(N)cc(-c2ccc(OC(F)(F)F)cc2)c(C)c1N(C)/C=C(\C)CC. The van der Waals surface area contributed by atoms with Gasteiger partial charge in [0.25, 0.3) is 0 Å². The zero-order valence-electron chi connectivity index (χ0n) is 18.6. The molecule has 0 heterocycles. The molecule has 2 aromatic rings. The van der Waals surface area contributed by atoms with E-state index in [0.29, 0.717) is 23.6 Å². The second kappa shape index (κ2) is 9.81. The third-order valence-electron chi connectivity index (χ3n) is 4.91. The van der Waals surface area contributed by atoms with E-state index in [9.17, 15) is 13.2 Å². The Hall–Kier alpha value is -3.09. The molecular formula is C24H29F3N2O2. The van der Waals surface area contributed by atoms with Gasteiger partial charge in [0, 0.05) is 18.9 Å². The van der Waals surface area contributed by atoms with Crippen LogP contribution < -0.4 is 15.4 Å². The maximum absolute atomic E-state index is 12.5. The van der Waals surface area contributed by atoms with E-state index in [1.165, 1.54) is 17.7 Å². The lowest BCUT2D eigenvalue weighted by Gasteiger charge is -2.26. The molecule has 0 radical (unpaired) electrons. The van der Waals surface area contributed by atoms with Crippen molar-refractivity contribution in [2.75, 3.05) is 24.3 Å². The van der Waals surface area contributed by atoms with Crippen molar-refractivity contribution >= 4 is 17.1 Å². The van der Waals surface area contributed by atoms with Crippen LogP contribution in [0.3, 0.4) is 0 Å². The van der Waals surface area contributed by atoms with Gasteiger partial charge in [-0.2, -0.15) is 0 Å². The highest BCUT2D eigenvalue weighted by atomic mass is 19.4. The number of anilines is 2. The number of benzene rings is 2. The van der Waals surface area contributed by atoms with Gasteiger partial charge in [-0.15, -0.1) is 13.2 Å². The summed E-state index contributed by atoms with van der Waals surface area (Å²) in [5.74, 6) is 0.190. The third kappa shape index (κ3) is 5.96. The smallest absolute Gasteiger partial charge is 0.494 e. The molecule has 0 atom stereocenters. The fraction of sp³-hybridized carbons (Fsp3) is 0.333. The molecule has 0 aliphatic carbocycles. The Balaban J connectivity index is 2.64. The van der Waals surface area contributed by atoms with Crippen molar-refractivity contribution in [3.8, 4) is 16.9 Å². The minimum Gasteiger partial charge on any atom is -0.494 e. The highest BCUT2D eigenvalue weighted by molar-refractivity contribution is 5.90. The zero-order valence-corrected chi connectivity index (χ0v) is 18.6. The van der Waals surface area contributed by atoms with Gasteiger partial charge in [-0.1, -0.05) is 31.2 Å². The minimum atomic E-state index is -4.73. The molecule has 0 aliphatic heterocycles. The van der Waals surface area contributed by atoms with Gasteiger partial charge in [0.05, 0.1) is 17.9 Å². The van der Waals surface area contributed by atoms with E-state index in [-0.39, 0.29) is 5.75 Å². The van der Waals surface area contributed by atoms with E-state index in [4.69, 9.17) is 10.5 Å². The Morgan fingerprint density at radius 1 is 1.19 bits per heavy atom. The lowest BCUT2D eigenvalue weighted by molar-refractivity contribution is -0.274. The Morgan fingerprint density at radius 2 is 1.81 bits per heavy atom. The lowest BCUT2D eigenvalue weighted by atomic mass is 9.93. The molecule has 2 N–H and O–H groups in total.